The summed E-state index contributed by atoms with van der Waals surface area (Å²) in [7, 11) is -3.80. The van der Waals surface area contributed by atoms with Crippen LogP contribution < -0.4 is 16.2 Å². The largest absolute Gasteiger partial charge is 0.398 e. The third-order valence-corrected chi connectivity index (χ3v) is 5.28. The lowest BCUT2D eigenvalue weighted by molar-refractivity contribution is 0.598. The molecule has 0 saturated carbocycles. The summed E-state index contributed by atoms with van der Waals surface area (Å²) >= 11 is 3.51. The zero-order valence-electron chi connectivity index (χ0n) is 11.6. The van der Waals surface area contributed by atoms with Gasteiger partial charge in [0.05, 0.1) is 5.69 Å². The molecule has 5 N–H and O–H groups in total. The van der Waals surface area contributed by atoms with E-state index in [1.807, 2.05) is 26.0 Å². The number of halogens is 1. The Morgan fingerprint density at radius 3 is 2.10 bits per heavy atom. The zero-order chi connectivity index (χ0) is 15.8. The summed E-state index contributed by atoms with van der Waals surface area (Å²) in [6.45, 7) is 4.00. The van der Waals surface area contributed by atoms with Crippen LogP contribution in [0.5, 0.6) is 0 Å². The average molecular weight is 370 g/mol. The Hall–Kier alpha value is -1.57. The lowest BCUT2D eigenvalue weighted by Gasteiger charge is -2.12. The molecule has 0 aliphatic heterocycles. The van der Waals surface area contributed by atoms with E-state index < -0.39 is 10.0 Å². The maximum atomic E-state index is 11.3. The van der Waals surface area contributed by atoms with Crippen LogP contribution in [0.15, 0.2) is 39.7 Å². The maximum absolute atomic E-state index is 11.3. The van der Waals surface area contributed by atoms with E-state index in [0.717, 1.165) is 21.3 Å². The second-order valence-electron chi connectivity index (χ2n) is 4.85. The summed E-state index contributed by atoms with van der Waals surface area (Å²) < 4.78 is 23.7. The van der Waals surface area contributed by atoms with Crippen LogP contribution in [0.4, 0.5) is 17.1 Å². The second kappa shape index (κ2) is 5.67. The second-order valence-corrected chi connectivity index (χ2v) is 7.17. The Labute approximate surface area is 132 Å². The van der Waals surface area contributed by atoms with Crippen LogP contribution in [-0.2, 0) is 10.0 Å². The van der Waals surface area contributed by atoms with E-state index in [1.165, 1.54) is 6.07 Å². The molecule has 2 aromatic carbocycles. The first-order valence-electron chi connectivity index (χ1n) is 6.14. The van der Waals surface area contributed by atoms with Gasteiger partial charge in [-0.25, -0.2) is 13.6 Å². The number of nitrogen functional groups attached to an aromatic ring is 1. The molecule has 2 aromatic rings. The predicted molar refractivity (Wildman–Crippen MR) is 89.1 cm³/mol. The lowest BCUT2D eigenvalue weighted by atomic mass is 10.1. The lowest BCUT2D eigenvalue weighted by Crippen LogP contribution is -2.14. The number of hydrogen-bond donors (Lipinski definition) is 3. The van der Waals surface area contributed by atoms with Gasteiger partial charge in [0, 0.05) is 15.8 Å². The summed E-state index contributed by atoms with van der Waals surface area (Å²) in [5.41, 5.74) is 9.66. The Kier molecular flexibility index (Phi) is 4.27. The van der Waals surface area contributed by atoms with E-state index in [0.29, 0.717) is 5.69 Å². The van der Waals surface area contributed by atoms with Gasteiger partial charge in [0.25, 0.3) is 0 Å². The van der Waals surface area contributed by atoms with Crippen molar-refractivity contribution in [2.24, 2.45) is 5.14 Å². The third kappa shape index (κ3) is 3.55. The van der Waals surface area contributed by atoms with E-state index >= 15 is 0 Å². The van der Waals surface area contributed by atoms with Crippen molar-refractivity contribution in [1.29, 1.82) is 0 Å². The van der Waals surface area contributed by atoms with Crippen molar-refractivity contribution in [3.05, 3.63) is 45.9 Å². The van der Waals surface area contributed by atoms with Crippen molar-refractivity contribution in [3.8, 4) is 0 Å². The summed E-state index contributed by atoms with van der Waals surface area (Å²) in [6, 6.07) is 8.54. The summed E-state index contributed by atoms with van der Waals surface area (Å²) in [4.78, 5) is -0.0729. The Bertz CT molecular complexity index is 781. The van der Waals surface area contributed by atoms with E-state index in [-0.39, 0.29) is 10.6 Å². The molecule has 0 heterocycles. The molecule has 0 atom stereocenters. The van der Waals surface area contributed by atoms with Crippen molar-refractivity contribution in [2.75, 3.05) is 11.1 Å². The highest BCUT2D eigenvalue weighted by Gasteiger charge is 2.12. The van der Waals surface area contributed by atoms with Gasteiger partial charge in [0.1, 0.15) is 4.90 Å². The highest BCUT2D eigenvalue weighted by Crippen LogP contribution is 2.28. The van der Waals surface area contributed by atoms with Gasteiger partial charge in [-0.05, 0) is 55.3 Å². The van der Waals surface area contributed by atoms with Crippen molar-refractivity contribution in [1.82, 2.24) is 0 Å². The van der Waals surface area contributed by atoms with Crippen LogP contribution in [0.25, 0.3) is 0 Å². The predicted octanol–water partition coefficient (Wildman–Crippen LogP) is 3.04. The number of anilines is 3. The van der Waals surface area contributed by atoms with E-state index in [4.69, 9.17) is 10.9 Å². The molecule has 5 nitrogen and oxygen atoms in total. The van der Waals surface area contributed by atoms with Crippen molar-refractivity contribution in [3.63, 3.8) is 0 Å². The van der Waals surface area contributed by atoms with Gasteiger partial charge in [0.15, 0.2) is 0 Å². The van der Waals surface area contributed by atoms with Crippen LogP contribution in [0, 0.1) is 13.8 Å². The van der Waals surface area contributed by atoms with Gasteiger partial charge >= 0.3 is 0 Å². The van der Waals surface area contributed by atoms with E-state index in [1.54, 1.807) is 12.1 Å². The van der Waals surface area contributed by atoms with Crippen LogP contribution in [0.3, 0.4) is 0 Å². The van der Waals surface area contributed by atoms with E-state index in [9.17, 15) is 8.42 Å². The van der Waals surface area contributed by atoms with Gasteiger partial charge < -0.3 is 11.1 Å². The van der Waals surface area contributed by atoms with Crippen molar-refractivity contribution >= 4 is 43.0 Å². The van der Waals surface area contributed by atoms with Crippen LogP contribution >= 0.6 is 15.9 Å². The monoisotopic (exact) mass is 369 g/mol. The minimum atomic E-state index is -3.80. The van der Waals surface area contributed by atoms with Crippen LogP contribution in [-0.4, -0.2) is 8.42 Å². The van der Waals surface area contributed by atoms with Gasteiger partial charge in [-0.2, -0.15) is 0 Å². The molecule has 0 radical (unpaired) electrons. The number of nitrogens with one attached hydrogen (secondary N) is 1. The highest BCUT2D eigenvalue weighted by atomic mass is 79.9. The number of hydrogen-bond acceptors (Lipinski definition) is 4. The molecule has 21 heavy (non-hydrogen) atoms. The summed E-state index contributed by atoms with van der Waals surface area (Å²) in [5.74, 6) is 0. The molecule has 7 heteroatoms. The molecule has 0 aliphatic carbocycles. The molecule has 0 spiro atoms. The molecule has 0 aliphatic rings. The summed E-state index contributed by atoms with van der Waals surface area (Å²) in [5, 5.41) is 8.28. The minimum absolute atomic E-state index is 0.0729. The van der Waals surface area contributed by atoms with Gasteiger partial charge in [-0.15, -0.1) is 0 Å². The first-order valence-corrected chi connectivity index (χ1v) is 8.48. The molecule has 2 rings (SSSR count). The fourth-order valence-corrected chi connectivity index (χ4v) is 2.94. The molecule has 0 unspecified atom stereocenters. The molecule has 0 fully saturated rings. The first-order chi connectivity index (χ1) is 9.68. The first kappa shape index (κ1) is 15.8. The Morgan fingerprint density at radius 1 is 1.05 bits per heavy atom. The quantitative estimate of drug-likeness (QED) is 0.724. The van der Waals surface area contributed by atoms with Gasteiger partial charge in [-0.3, -0.25) is 0 Å². The molecule has 112 valence electrons. The number of primary sulfonamides is 1. The number of rotatable bonds is 3. The smallest absolute Gasteiger partial charge is 0.240 e. The number of aryl methyl sites for hydroxylation is 2. The van der Waals surface area contributed by atoms with Crippen LogP contribution in [0.1, 0.15) is 11.1 Å². The van der Waals surface area contributed by atoms with Gasteiger partial charge in [-0.1, -0.05) is 15.9 Å². The van der Waals surface area contributed by atoms with Crippen LogP contribution in [0.2, 0.25) is 0 Å². The third-order valence-electron chi connectivity index (χ3n) is 3.04. The van der Waals surface area contributed by atoms with Crippen molar-refractivity contribution < 1.29 is 8.42 Å². The van der Waals surface area contributed by atoms with Crippen molar-refractivity contribution in [2.45, 2.75) is 18.7 Å². The molecular formula is C14H16BrN3O2S. The fraction of sp³-hybridized carbons (Fsp3) is 0.143. The fourth-order valence-electron chi connectivity index (χ4n) is 2.07. The summed E-state index contributed by atoms with van der Waals surface area (Å²) in [6.07, 6.45) is 0. The number of nitrogens with two attached hydrogens (primary N) is 2. The standard InChI is InChI=1S/C14H16BrN3O2S/c1-8-5-11(6-9(2)14(8)15)18-10-3-4-13(12(16)7-10)21(17,19)20/h3-7,18H,16H2,1-2H3,(H2,17,19,20). The number of sulfonamides is 1. The highest BCUT2D eigenvalue weighted by molar-refractivity contribution is 9.10. The SMILES string of the molecule is Cc1cc(Nc2ccc(S(N)(=O)=O)c(N)c2)cc(C)c1Br. The Balaban J connectivity index is 2.35. The molecule has 0 amide bonds. The molecule has 0 bridgehead atoms. The minimum Gasteiger partial charge on any atom is -0.398 e. The zero-order valence-corrected chi connectivity index (χ0v) is 14.0. The topological polar surface area (TPSA) is 98.2 Å². The van der Waals surface area contributed by atoms with E-state index in [2.05, 4.69) is 21.2 Å². The van der Waals surface area contributed by atoms with Gasteiger partial charge in [0.2, 0.25) is 10.0 Å². The average Bonchev–Trinajstić information content (AvgIpc) is 2.34. The molecular weight excluding hydrogens is 354 g/mol. The Morgan fingerprint density at radius 2 is 1.62 bits per heavy atom. The maximum Gasteiger partial charge on any atom is 0.240 e. The molecule has 0 aromatic heterocycles. The molecule has 0 saturated heterocycles. The normalized spacial score (nSPS) is 11.4. The number of benzene rings is 2.